The van der Waals surface area contributed by atoms with Gasteiger partial charge in [-0.25, -0.2) is 14.8 Å². The fraction of sp³-hybridized carbons (Fsp3) is 0.136. The van der Waals surface area contributed by atoms with Crippen LogP contribution in [0.4, 0.5) is 11.5 Å². The average molecular weight is 401 g/mol. The molecule has 0 unspecified atom stereocenters. The summed E-state index contributed by atoms with van der Waals surface area (Å²) in [6.07, 6.45) is 0. The predicted molar refractivity (Wildman–Crippen MR) is 113 cm³/mol. The molecule has 0 aliphatic heterocycles. The Hall–Kier alpha value is -4.25. The summed E-state index contributed by atoms with van der Waals surface area (Å²) in [5, 5.41) is 2.95. The van der Waals surface area contributed by atoms with E-state index >= 15 is 0 Å². The minimum atomic E-state index is -0.694. The molecule has 30 heavy (non-hydrogen) atoms. The van der Waals surface area contributed by atoms with Crippen LogP contribution >= 0.6 is 0 Å². The van der Waals surface area contributed by atoms with Gasteiger partial charge in [-0.3, -0.25) is 9.59 Å². The fourth-order valence-corrected chi connectivity index (χ4v) is 2.50. The highest BCUT2D eigenvalue weighted by molar-refractivity contribution is 5.92. The lowest BCUT2D eigenvalue weighted by molar-refractivity contribution is -0.117. The standard InChI is InChI=1S/C22H19N5O3/c1-13(14(2)28)25-20-12-19(21(23)29)26-22(27-20)15-4-8-17(9-5-15)30-18-10-6-16(24-3)7-11-18/h4-13H,1-2H3,(H2,23,29)(H,25,26,27)/t13-/m0/s1. The van der Waals surface area contributed by atoms with Crippen LogP contribution in [-0.4, -0.2) is 27.7 Å². The van der Waals surface area contributed by atoms with E-state index in [9.17, 15) is 9.59 Å². The van der Waals surface area contributed by atoms with Crippen molar-refractivity contribution in [2.75, 3.05) is 5.32 Å². The molecule has 0 saturated carbocycles. The molecule has 3 aromatic rings. The van der Waals surface area contributed by atoms with E-state index < -0.39 is 11.9 Å². The van der Waals surface area contributed by atoms with Gasteiger partial charge in [0.15, 0.2) is 17.3 Å². The van der Waals surface area contributed by atoms with Gasteiger partial charge < -0.3 is 15.8 Å². The monoisotopic (exact) mass is 401 g/mol. The molecular formula is C22H19N5O3. The van der Waals surface area contributed by atoms with E-state index in [0.29, 0.717) is 28.6 Å². The molecule has 1 heterocycles. The van der Waals surface area contributed by atoms with Crippen LogP contribution < -0.4 is 15.8 Å². The van der Waals surface area contributed by atoms with E-state index in [0.717, 1.165) is 0 Å². The molecule has 1 aromatic heterocycles. The number of benzene rings is 2. The summed E-state index contributed by atoms with van der Waals surface area (Å²) in [6.45, 7) is 10.1. The normalized spacial score (nSPS) is 11.2. The summed E-state index contributed by atoms with van der Waals surface area (Å²) in [4.78, 5) is 35.1. The minimum Gasteiger partial charge on any atom is -0.457 e. The summed E-state index contributed by atoms with van der Waals surface area (Å²) >= 11 is 0. The fourth-order valence-electron chi connectivity index (χ4n) is 2.50. The zero-order valence-corrected chi connectivity index (χ0v) is 16.4. The number of hydrogen-bond acceptors (Lipinski definition) is 6. The van der Waals surface area contributed by atoms with Gasteiger partial charge in [0.2, 0.25) is 0 Å². The van der Waals surface area contributed by atoms with E-state index in [2.05, 4.69) is 20.1 Å². The topological polar surface area (TPSA) is 112 Å². The Kier molecular flexibility index (Phi) is 6.03. The molecule has 0 fully saturated rings. The van der Waals surface area contributed by atoms with Gasteiger partial charge in [-0.1, -0.05) is 12.1 Å². The number of hydrogen-bond donors (Lipinski definition) is 2. The molecule has 0 spiro atoms. The summed E-state index contributed by atoms with van der Waals surface area (Å²) in [7, 11) is 0. The van der Waals surface area contributed by atoms with Gasteiger partial charge in [0, 0.05) is 11.6 Å². The van der Waals surface area contributed by atoms with E-state index in [1.807, 2.05) is 0 Å². The lowest BCUT2D eigenvalue weighted by atomic mass is 10.2. The van der Waals surface area contributed by atoms with Crippen molar-refractivity contribution >= 4 is 23.2 Å². The third kappa shape index (κ3) is 4.97. The number of nitrogens with two attached hydrogens (primary N) is 1. The molecule has 0 aliphatic rings. The highest BCUT2D eigenvalue weighted by Crippen LogP contribution is 2.26. The maximum Gasteiger partial charge on any atom is 0.267 e. The Balaban J connectivity index is 1.85. The second-order valence-electron chi connectivity index (χ2n) is 6.54. The first-order valence-electron chi connectivity index (χ1n) is 9.07. The van der Waals surface area contributed by atoms with Crippen LogP contribution in [0.25, 0.3) is 16.2 Å². The van der Waals surface area contributed by atoms with Crippen molar-refractivity contribution in [2.45, 2.75) is 19.9 Å². The first-order chi connectivity index (χ1) is 14.4. The number of anilines is 1. The number of nitrogens with one attached hydrogen (secondary N) is 1. The molecule has 0 radical (unpaired) electrons. The van der Waals surface area contributed by atoms with Crippen LogP contribution in [0, 0.1) is 6.57 Å². The summed E-state index contributed by atoms with van der Waals surface area (Å²) < 4.78 is 5.77. The zero-order chi connectivity index (χ0) is 21.7. The maximum absolute atomic E-state index is 11.7. The largest absolute Gasteiger partial charge is 0.457 e. The molecule has 150 valence electrons. The van der Waals surface area contributed by atoms with E-state index in [1.165, 1.54) is 13.0 Å². The lowest BCUT2D eigenvalue weighted by Gasteiger charge is -2.13. The number of Topliss-reactive ketones (excluding diaryl/α,β-unsaturated/α-hetero) is 1. The van der Waals surface area contributed by atoms with E-state index in [1.54, 1.807) is 55.5 Å². The van der Waals surface area contributed by atoms with Crippen LogP contribution in [0.15, 0.2) is 54.6 Å². The first kappa shape index (κ1) is 20.5. The van der Waals surface area contributed by atoms with Crippen molar-refractivity contribution in [3.05, 3.63) is 71.7 Å². The Labute approximate surface area is 173 Å². The lowest BCUT2D eigenvalue weighted by Crippen LogP contribution is -2.25. The third-order valence-corrected chi connectivity index (χ3v) is 4.27. The van der Waals surface area contributed by atoms with Crippen LogP contribution in [0.5, 0.6) is 11.5 Å². The molecular weight excluding hydrogens is 382 g/mol. The Morgan fingerprint density at radius 2 is 1.67 bits per heavy atom. The smallest absolute Gasteiger partial charge is 0.267 e. The van der Waals surface area contributed by atoms with Gasteiger partial charge in [0.1, 0.15) is 23.0 Å². The molecule has 8 nitrogen and oxygen atoms in total. The van der Waals surface area contributed by atoms with Crippen LogP contribution in [0.1, 0.15) is 24.3 Å². The number of amides is 1. The van der Waals surface area contributed by atoms with Gasteiger partial charge >= 0.3 is 0 Å². The Morgan fingerprint density at radius 1 is 1.07 bits per heavy atom. The number of carbonyl (C=O) groups is 2. The summed E-state index contributed by atoms with van der Waals surface area (Å²) in [5.74, 6) is 1.05. The third-order valence-electron chi connectivity index (χ3n) is 4.27. The number of rotatable bonds is 7. The van der Waals surface area contributed by atoms with Crippen molar-refractivity contribution in [3.63, 3.8) is 0 Å². The van der Waals surface area contributed by atoms with Gasteiger partial charge in [-0.2, -0.15) is 0 Å². The second-order valence-corrected chi connectivity index (χ2v) is 6.54. The van der Waals surface area contributed by atoms with E-state index in [4.69, 9.17) is 17.0 Å². The number of ether oxygens (including phenoxy) is 1. The second kappa shape index (κ2) is 8.84. The van der Waals surface area contributed by atoms with Crippen molar-refractivity contribution in [3.8, 4) is 22.9 Å². The predicted octanol–water partition coefficient (Wildman–Crippen LogP) is 3.97. The first-order valence-corrected chi connectivity index (χ1v) is 9.07. The quantitative estimate of drug-likeness (QED) is 0.579. The molecule has 3 N–H and O–H groups in total. The minimum absolute atomic E-state index is 0.0403. The highest BCUT2D eigenvalue weighted by atomic mass is 16.5. The van der Waals surface area contributed by atoms with Crippen molar-refractivity contribution in [2.24, 2.45) is 5.73 Å². The number of nitrogens with zero attached hydrogens (tertiary/aromatic N) is 3. The average Bonchev–Trinajstić information content (AvgIpc) is 2.74. The van der Waals surface area contributed by atoms with E-state index in [-0.39, 0.29) is 17.3 Å². The van der Waals surface area contributed by atoms with Crippen LogP contribution in [0.3, 0.4) is 0 Å². The van der Waals surface area contributed by atoms with Gasteiger partial charge in [0.25, 0.3) is 5.91 Å². The summed E-state index contributed by atoms with van der Waals surface area (Å²) in [5.41, 5.74) is 6.61. The Morgan fingerprint density at radius 3 is 2.20 bits per heavy atom. The number of primary amides is 1. The summed E-state index contributed by atoms with van der Waals surface area (Å²) in [6, 6.07) is 14.7. The molecule has 8 heteroatoms. The maximum atomic E-state index is 11.7. The Bertz CT molecular complexity index is 1120. The van der Waals surface area contributed by atoms with Gasteiger partial charge in [-0.15, -0.1) is 0 Å². The van der Waals surface area contributed by atoms with Crippen LogP contribution in [-0.2, 0) is 4.79 Å². The molecule has 0 aliphatic carbocycles. The van der Waals surface area contributed by atoms with Gasteiger partial charge in [0.05, 0.1) is 12.6 Å². The van der Waals surface area contributed by atoms with Gasteiger partial charge in [-0.05, 0) is 50.2 Å². The zero-order valence-electron chi connectivity index (χ0n) is 16.4. The van der Waals surface area contributed by atoms with Crippen molar-refractivity contribution in [1.82, 2.24) is 9.97 Å². The molecule has 1 amide bonds. The molecule has 0 bridgehead atoms. The SMILES string of the molecule is [C-]#[N+]c1ccc(Oc2ccc(-c3nc(N[C@@H](C)C(C)=O)cc(C(N)=O)n3)cc2)cc1. The molecule has 3 rings (SSSR count). The number of aromatic nitrogens is 2. The molecule has 1 atom stereocenters. The highest BCUT2D eigenvalue weighted by Gasteiger charge is 2.14. The number of carbonyl (C=O) groups excluding carboxylic acids is 2. The van der Waals surface area contributed by atoms with Crippen LogP contribution in [0.2, 0.25) is 0 Å². The molecule has 2 aromatic carbocycles. The van der Waals surface area contributed by atoms with Crippen molar-refractivity contribution in [1.29, 1.82) is 0 Å². The number of ketones is 1. The van der Waals surface area contributed by atoms with Crippen molar-refractivity contribution < 1.29 is 14.3 Å². The molecule has 0 saturated heterocycles.